The van der Waals surface area contributed by atoms with Gasteiger partial charge in [0.1, 0.15) is 6.61 Å². The Labute approximate surface area is 373 Å². The van der Waals surface area contributed by atoms with Crippen molar-refractivity contribution in [2.24, 2.45) is 0 Å². The van der Waals surface area contributed by atoms with E-state index in [-0.39, 0.29) is 25.2 Å². The monoisotopic (exact) mass is 839 g/mol. The van der Waals surface area contributed by atoms with Gasteiger partial charge in [0.05, 0.1) is 6.61 Å². The molecule has 0 spiro atoms. The highest BCUT2D eigenvalue weighted by atomic mass is 16.6. The van der Waals surface area contributed by atoms with Gasteiger partial charge in [-0.1, -0.05) is 242 Å². The maximum atomic E-state index is 12.8. The topological polar surface area (TPSA) is 61.8 Å². The molecule has 0 saturated heterocycles. The van der Waals surface area contributed by atoms with Crippen molar-refractivity contribution in [3.8, 4) is 0 Å². The van der Waals surface area contributed by atoms with Gasteiger partial charge in [0, 0.05) is 19.4 Å². The van der Waals surface area contributed by atoms with E-state index >= 15 is 0 Å². The van der Waals surface area contributed by atoms with Gasteiger partial charge >= 0.3 is 11.9 Å². The van der Waals surface area contributed by atoms with Gasteiger partial charge in [0.15, 0.2) is 6.10 Å². The Hall–Kier alpha value is -2.40. The molecule has 348 valence electrons. The SMILES string of the molecule is CC/C=C\C/C=C\C/C=C\C/C=C\C/C=C\CCCC(=O)OCC(COCCCCCCCCCCCC)OC(=O)CCCCCCCCCCCCCCCCCCC. The van der Waals surface area contributed by atoms with Crippen LogP contribution >= 0.6 is 0 Å². The largest absolute Gasteiger partial charge is 0.462 e. The average molecular weight is 839 g/mol. The predicted molar refractivity (Wildman–Crippen MR) is 261 cm³/mol. The number of carbonyl (C=O) groups is 2. The summed E-state index contributed by atoms with van der Waals surface area (Å²) in [6, 6.07) is 0. The standard InChI is InChI=1S/C55H98O5/c1-4-7-10-13-16-19-22-24-26-28-30-32-34-36-39-42-45-48-54(56)59-52-53(51-58-50-47-44-41-38-21-18-15-12-9-6-3)60-55(57)49-46-43-40-37-35-33-31-29-27-25-23-20-17-14-11-8-5-2/h7,10,16,19,24,26,30,32,36,39,53H,4-6,8-9,11-15,17-18,20-23,25,27-29,31,33-35,37-38,40-52H2,1-3H3/b10-7-,19-16-,26-24-,32-30-,39-36-. The van der Waals surface area contributed by atoms with E-state index in [9.17, 15) is 9.59 Å². The van der Waals surface area contributed by atoms with Crippen LogP contribution in [0.4, 0.5) is 0 Å². The van der Waals surface area contributed by atoms with E-state index in [0.717, 1.165) is 70.6 Å². The van der Waals surface area contributed by atoms with E-state index in [2.05, 4.69) is 81.5 Å². The van der Waals surface area contributed by atoms with Crippen LogP contribution in [0.1, 0.15) is 252 Å². The number of esters is 2. The molecule has 0 heterocycles. The van der Waals surface area contributed by atoms with Gasteiger partial charge in [-0.15, -0.1) is 0 Å². The van der Waals surface area contributed by atoms with Crippen molar-refractivity contribution in [2.75, 3.05) is 19.8 Å². The van der Waals surface area contributed by atoms with Crippen molar-refractivity contribution in [3.63, 3.8) is 0 Å². The van der Waals surface area contributed by atoms with E-state index < -0.39 is 6.10 Å². The zero-order valence-corrected chi connectivity index (χ0v) is 40.0. The summed E-state index contributed by atoms with van der Waals surface area (Å²) >= 11 is 0. The zero-order chi connectivity index (χ0) is 43.5. The molecule has 0 aliphatic rings. The van der Waals surface area contributed by atoms with Crippen molar-refractivity contribution in [1.29, 1.82) is 0 Å². The van der Waals surface area contributed by atoms with Gasteiger partial charge in [-0.3, -0.25) is 9.59 Å². The number of unbranched alkanes of at least 4 members (excludes halogenated alkanes) is 26. The molecule has 0 radical (unpaired) electrons. The molecule has 0 rings (SSSR count). The van der Waals surface area contributed by atoms with Gasteiger partial charge in [-0.05, 0) is 57.8 Å². The van der Waals surface area contributed by atoms with Crippen molar-refractivity contribution in [2.45, 2.75) is 258 Å². The fourth-order valence-electron chi connectivity index (χ4n) is 7.25. The molecule has 5 nitrogen and oxygen atoms in total. The van der Waals surface area contributed by atoms with E-state index in [4.69, 9.17) is 14.2 Å². The molecule has 0 aromatic carbocycles. The smallest absolute Gasteiger partial charge is 0.306 e. The minimum atomic E-state index is -0.554. The van der Waals surface area contributed by atoms with Crippen LogP contribution in [-0.4, -0.2) is 37.9 Å². The lowest BCUT2D eigenvalue weighted by Crippen LogP contribution is -2.30. The van der Waals surface area contributed by atoms with Crippen LogP contribution in [-0.2, 0) is 23.8 Å². The Bertz CT molecular complexity index is 1040. The van der Waals surface area contributed by atoms with E-state index in [0.29, 0.717) is 19.4 Å². The first-order valence-corrected chi connectivity index (χ1v) is 25.8. The molecule has 0 saturated carbocycles. The Balaban J connectivity index is 4.28. The van der Waals surface area contributed by atoms with Crippen LogP contribution in [0.15, 0.2) is 60.8 Å². The van der Waals surface area contributed by atoms with Crippen LogP contribution in [0, 0.1) is 0 Å². The number of hydrogen-bond donors (Lipinski definition) is 0. The lowest BCUT2D eigenvalue weighted by Gasteiger charge is -2.18. The molecule has 0 amide bonds. The minimum Gasteiger partial charge on any atom is -0.462 e. The third-order valence-corrected chi connectivity index (χ3v) is 11.1. The molecule has 0 aliphatic heterocycles. The maximum Gasteiger partial charge on any atom is 0.306 e. The zero-order valence-electron chi connectivity index (χ0n) is 40.0. The van der Waals surface area contributed by atoms with Crippen molar-refractivity contribution < 1.29 is 23.8 Å². The van der Waals surface area contributed by atoms with E-state index in [1.807, 2.05) is 0 Å². The Kier molecular flexibility index (Phi) is 48.9. The van der Waals surface area contributed by atoms with Crippen molar-refractivity contribution in [3.05, 3.63) is 60.8 Å². The maximum absolute atomic E-state index is 12.8. The molecule has 0 aliphatic carbocycles. The van der Waals surface area contributed by atoms with Gasteiger partial charge < -0.3 is 14.2 Å². The Morgan fingerprint density at radius 1 is 0.383 bits per heavy atom. The summed E-state index contributed by atoms with van der Waals surface area (Å²) in [6.07, 6.45) is 63.8. The number of allylic oxidation sites excluding steroid dienone is 10. The predicted octanol–water partition coefficient (Wildman–Crippen LogP) is 17.3. The third kappa shape index (κ3) is 48.3. The molecule has 0 N–H and O–H groups in total. The van der Waals surface area contributed by atoms with Gasteiger partial charge in [0.2, 0.25) is 0 Å². The van der Waals surface area contributed by atoms with E-state index in [1.165, 1.54) is 148 Å². The second-order valence-electron chi connectivity index (χ2n) is 17.1. The van der Waals surface area contributed by atoms with Crippen molar-refractivity contribution in [1.82, 2.24) is 0 Å². The Morgan fingerprint density at radius 3 is 1.18 bits per heavy atom. The minimum absolute atomic E-state index is 0.0589. The summed E-state index contributed by atoms with van der Waals surface area (Å²) < 4.78 is 17.3. The highest BCUT2D eigenvalue weighted by molar-refractivity contribution is 5.70. The first-order valence-electron chi connectivity index (χ1n) is 25.8. The van der Waals surface area contributed by atoms with Crippen LogP contribution in [0.2, 0.25) is 0 Å². The van der Waals surface area contributed by atoms with Crippen LogP contribution in [0.5, 0.6) is 0 Å². The lowest BCUT2D eigenvalue weighted by molar-refractivity contribution is -0.163. The average Bonchev–Trinajstić information content (AvgIpc) is 3.25. The third-order valence-electron chi connectivity index (χ3n) is 11.1. The summed E-state index contributed by atoms with van der Waals surface area (Å²) in [7, 11) is 0. The summed E-state index contributed by atoms with van der Waals surface area (Å²) in [5, 5.41) is 0. The van der Waals surface area contributed by atoms with Crippen LogP contribution < -0.4 is 0 Å². The lowest BCUT2D eigenvalue weighted by atomic mass is 10.0. The van der Waals surface area contributed by atoms with Gasteiger partial charge in [0.25, 0.3) is 0 Å². The fraction of sp³-hybridized carbons (Fsp3) is 0.782. The number of rotatable bonds is 47. The molecule has 1 atom stereocenters. The summed E-state index contributed by atoms with van der Waals surface area (Å²) in [5.41, 5.74) is 0. The second-order valence-corrected chi connectivity index (χ2v) is 17.1. The molecule has 1 unspecified atom stereocenters. The number of hydrogen-bond acceptors (Lipinski definition) is 5. The first kappa shape index (κ1) is 57.6. The summed E-state index contributed by atoms with van der Waals surface area (Å²) in [6.45, 7) is 7.68. The first-order chi connectivity index (χ1) is 29.6. The quantitative estimate of drug-likeness (QED) is 0.0347. The normalized spacial score (nSPS) is 12.7. The number of carbonyl (C=O) groups excluding carboxylic acids is 2. The summed E-state index contributed by atoms with van der Waals surface area (Å²) in [4.78, 5) is 25.3. The van der Waals surface area contributed by atoms with Crippen molar-refractivity contribution >= 4 is 11.9 Å². The molecule has 60 heavy (non-hydrogen) atoms. The van der Waals surface area contributed by atoms with Crippen LogP contribution in [0.3, 0.4) is 0 Å². The molecule has 0 fully saturated rings. The van der Waals surface area contributed by atoms with Gasteiger partial charge in [-0.25, -0.2) is 0 Å². The summed E-state index contributed by atoms with van der Waals surface area (Å²) in [5.74, 6) is -0.454. The molecule has 0 aromatic rings. The fourth-order valence-corrected chi connectivity index (χ4v) is 7.25. The highest BCUT2D eigenvalue weighted by Gasteiger charge is 2.17. The molecule has 0 aromatic heterocycles. The molecule has 5 heteroatoms. The molecular formula is C55H98O5. The Morgan fingerprint density at radius 2 is 0.750 bits per heavy atom. The molecular weight excluding hydrogens is 741 g/mol. The highest BCUT2D eigenvalue weighted by Crippen LogP contribution is 2.15. The molecule has 0 bridgehead atoms. The van der Waals surface area contributed by atoms with E-state index in [1.54, 1.807) is 0 Å². The van der Waals surface area contributed by atoms with Crippen LogP contribution in [0.25, 0.3) is 0 Å². The second kappa shape index (κ2) is 51.0. The van der Waals surface area contributed by atoms with Gasteiger partial charge in [-0.2, -0.15) is 0 Å². The number of ether oxygens (including phenoxy) is 3.